The topological polar surface area (TPSA) is 59.0 Å². The van der Waals surface area contributed by atoms with Crippen molar-refractivity contribution in [2.45, 2.75) is 38.4 Å². The van der Waals surface area contributed by atoms with Crippen LogP contribution in [0.5, 0.6) is 5.75 Å². The number of aromatic nitrogens is 4. The fraction of sp³-hybridized carbons (Fsp3) is 0.455. The van der Waals surface area contributed by atoms with Crippen molar-refractivity contribution in [1.29, 1.82) is 0 Å². The number of alkyl halides is 3. The number of nitrogens with one attached hydrogen (secondary N) is 1. The van der Waals surface area contributed by atoms with E-state index >= 15 is 0 Å². The van der Waals surface area contributed by atoms with Crippen LogP contribution in [0.4, 0.5) is 13.2 Å². The number of halogens is 3. The molecule has 31 heavy (non-hydrogen) atoms. The van der Waals surface area contributed by atoms with Crippen molar-refractivity contribution in [2.24, 2.45) is 7.05 Å². The van der Waals surface area contributed by atoms with E-state index in [0.29, 0.717) is 12.3 Å². The van der Waals surface area contributed by atoms with Crippen molar-refractivity contribution in [3.8, 4) is 5.75 Å². The molecule has 0 saturated carbocycles. The van der Waals surface area contributed by atoms with Gasteiger partial charge in [-0.15, -0.1) is 0 Å². The van der Waals surface area contributed by atoms with Crippen LogP contribution in [-0.2, 0) is 26.2 Å². The van der Waals surface area contributed by atoms with E-state index in [1.165, 1.54) is 29.5 Å². The molecule has 0 unspecified atom stereocenters. The van der Waals surface area contributed by atoms with Crippen LogP contribution in [0.25, 0.3) is 0 Å². The molecular weight excluding hydrogens is 407 g/mol. The number of hydrogen-bond acceptors (Lipinski definition) is 4. The Morgan fingerprint density at radius 1 is 1.26 bits per heavy atom. The van der Waals surface area contributed by atoms with Gasteiger partial charge >= 0.3 is 6.18 Å². The first kappa shape index (κ1) is 21.4. The van der Waals surface area contributed by atoms with Gasteiger partial charge in [0.15, 0.2) is 0 Å². The molecule has 1 saturated heterocycles. The lowest BCUT2D eigenvalue weighted by Gasteiger charge is -2.15. The number of hydrogen-bond donors (Lipinski definition) is 1. The number of likely N-dealkylation sites (tertiary alicyclic amines) is 1. The van der Waals surface area contributed by atoms with Crippen LogP contribution in [0.2, 0.25) is 0 Å². The van der Waals surface area contributed by atoms with Crippen LogP contribution >= 0.6 is 0 Å². The summed E-state index contributed by atoms with van der Waals surface area (Å²) in [7, 11) is 1.95. The number of rotatable bonds is 7. The maximum atomic E-state index is 13.1. The average Bonchev–Trinajstić information content (AvgIpc) is 3.45. The third kappa shape index (κ3) is 4.92. The Labute approximate surface area is 179 Å². The smallest absolute Gasteiger partial charge is 0.419 e. The van der Waals surface area contributed by atoms with Gasteiger partial charge < -0.3 is 4.74 Å². The maximum Gasteiger partial charge on any atom is 0.419 e. The van der Waals surface area contributed by atoms with E-state index in [4.69, 9.17) is 4.74 Å². The number of aromatic amines is 1. The van der Waals surface area contributed by atoms with Crippen molar-refractivity contribution < 1.29 is 17.9 Å². The molecule has 0 amide bonds. The zero-order valence-corrected chi connectivity index (χ0v) is 17.6. The second kappa shape index (κ2) is 8.74. The van der Waals surface area contributed by atoms with Crippen LogP contribution in [0.1, 0.15) is 40.5 Å². The predicted molar refractivity (Wildman–Crippen MR) is 110 cm³/mol. The molecule has 0 spiro atoms. The Morgan fingerprint density at radius 3 is 2.81 bits per heavy atom. The normalized spacial score (nSPS) is 17.4. The van der Waals surface area contributed by atoms with Gasteiger partial charge in [0.2, 0.25) is 0 Å². The van der Waals surface area contributed by atoms with Crippen LogP contribution < -0.4 is 4.74 Å². The van der Waals surface area contributed by atoms with Crippen molar-refractivity contribution >= 4 is 0 Å². The molecule has 1 atom stereocenters. The lowest BCUT2D eigenvalue weighted by molar-refractivity contribution is -0.138. The molecule has 4 rings (SSSR count). The van der Waals surface area contributed by atoms with Gasteiger partial charge in [-0.1, -0.05) is 12.1 Å². The summed E-state index contributed by atoms with van der Waals surface area (Å²) in [5.41, 5.74) is 3.52. The highest BCUT2D eigenvalue weighted by Crippen LogP contribution is 2.36. The van der Waals surface area contributed by atoms with E-state index in [1.807, 2.05) is 24.0 Å². The monoisotopic (exact) mass is 433 g/mol. The number of aryl methyl sites for hydroxylation is 1. The molecule has 2 aromatic heterocycles. The summed E-state index contributed by atoms with van der Waals surface area (Å²) < 4.78 is 46.5. The van der Waals surface area contributed by atoms with Gasteiger partial charge in [0.1, 0.15) is 5.75 Å². The molecule has 9 heteroatoms. The Morgan fingerprint density at radius 2 is 2.06 bits per heavy atom. The summed E-state index contributed by atoms with van der Waals surface area (Å²) in [6, 6.07) is 7.28. The first-order chi connectivity index (χ1) is 14.8. The zero-order valence-electron chi connectivity index (χ0n) is 17.6. The van der Waals surface area contributed by atoms with E-state index < -0.39 is 11.7 Å². The minimum Gasteiger partial charge on any atom is -0.493 e. The predicted octanol–water partition coefficient (Wildman–Crippen LogP) is 4.08. The molecule has 0 aliphatic carbocycles. The van der Waals surface area contributed by atoms with E-state index in [9.17, 15) is 13.2 Å². The summed E-state index contributed by atoms with van der Waals surface area (Å²) in [6.07, 6.45) is -1.02. The minimum absolute atomic E-state index is 0.145. The third-order valence-corrected chi connectivity index (χ3v) is 5.89. The number of para-hydroxylation sites is 1. The van der Waals surface area contributed by atoms with Crippen LogP contribution in [0, 0.1) is 6.92 Å². The fourth-order valence-electron chi connectivity index (χ4n) is 3.97. The molecule has 1 fully saturated rings. The van der Waals surface area contributed by atoms with Gasteiger partial charge in [-0.3, -0.25) is 14.7 Å². The molecule has 0 radical (unpaired) electrons. The highest BCUT2D eigenvalue weighted by molar-refractivity contribution is 5.35. The Balaban J connectivity index is 1.30. The molecule has 1 N–H and O–H groups in total. The van der Waals surface area contributed by atoms with Crippen LogP contribution in [0.3, 0.4) is 0 Å². The third-order valence-electron chi connectivity index (χ3n) is 5.89. The fourth-order valence-corrected chi connectivity index (χ4v) is 3.97. The SMILES string of the molecule is Cc1c(CN2CC[C@H](c3cc(CCOc4ccccc4C(F)(F)F)[nH]n3)C2)cnn1C. The Bertz CT molecular complexity index is 1030. The highest BCUT2D eigenvalue weighted by Gasteiger charge is 2.34. The van der Waals surface area contributed by atoms with E-state index in [-0.39, 0.29) is 12.4 Å². The first-order valence-electron chi connectivity index (χ1n) is 10.3. The summed E-state index contributed by atoms with van der Waals surface area (Å²) >= 11 is 0. The summed E-state index contributed by atoms with van der Waals surface area (Å²) in [4.78, 5) is 2.40. The summed E-state index contributed by atoms with van der Waals surface area (Å²) in [5, 5.41) is 11.8. The molecule has 1 aliphatic rings. The number of nitrogens with zero attached hydrogens (tertiary/aromatic N) is 4. The van der Waals surface area contributed by atoms with E-state index in [0.717, 1.165) is 43.5 Å². The van der Waals surface area contributed by atoms with Gasteiger partial charge in [-0.05, 0) is 38.1 Å². The molecule has 3 heterocycles. The van der Waals surface area contributed by atoms with Crippen molar-refractivity contribution in [3.05, 3.63) is 64.7 Å². The number of H-pyrrole nitrogens is 1. The Kier molecular flexibility index (Phi) is 6.04. The van der Waals surface area contributed by atoms with Crippen molar-refractivity contribution in [1.82, 2.24) is 24.9 Å². The number of benzene rings is 1. The van der Waals surface area contributed by atoms with Crippen molar-refractivity contribution in [3.63, 3.8) is 0 Å². The molecule has 1 aliphatic heterocycles. The molecule has 6 nitrogen and oxygen atoms in total. The number of ether oxygens (including phenoxy) is 1. The lowest BCUT2D eigenvalue weighted by Crippen LogP contribution is -2.20. The first-order valence-corrected chi connectivity index (χ1v) is 10.3. The highest BCUT2D eigenvalue weighted by atomic mass is 19.4. The van der Waals surface area contributed by atoms with Gasteiger partial charge in [-0.2, -0.15) is 23.4 Å². The summed E-state index contributed by atoms with van der Waals surface area (Å²) in [6.45, 7) is 5.02. The van der Waals surface area contributed by atoms with Gasteiger partial charge in [-0.25, -0.2) is 0 Å². The summed E-state index contributed by atoms with van der Waals surface area (Å²) in [5.74, 6) is 0.195. The second-order valence-corrected chi connectivity index (χ2v) is 8.01. The molecule has 1 aromatic carbocycles. The minimum atomic E-state index is -4.43. The molecular formula is C22H26F3N5O. The van der Waals surface area contributed by atoms with Gasteiger partial charge in [0.05, 0.1) is 24.1 Å². The maximum absolute atomic E-state index is 13.1. The molecule has 166 valence electrons. The standard InChI is InChI=1S/C22H26F3N5O/c1-15-17(12-26-29(15)2)14-30-9-7-16(13-30)20-11-18(27-28-20)8-10-31-21-6-4-3-5-19(21)22(23,24)25/h3-6,11-12,16H,7-10,13-14H2,1-2H3,(H,27,28)/t16-/m0/s1. The van der Waals surface area contributed by atoms with E-state index in [1.54, 1.807) is 0 Å². The second-order valence-electron chi connectivity index (χ2n) is 8.01. The lowest BCUT2D eigenvalue weighted by atomic mass is 10.0. The van der Waals surface area contributed by atoms with Crippen LogP contribution in [0.15, 0.2) is 36.5 Å². The average molecular weight is 433 g/mol. The Hall–Kier alpha value is -2.81. The van der Waals surface area contributed by atoms with E-state index in [2.05, 4.69) is 27.1 Å². The molecule has 3 aromatic rings. The molecule has 0 bridgehead atoms. The van der Waals surface area contributed by atoms with Gasteiger partial charge in [0.25, 0.3) is 0 Å². The largest absolute Gasteiger partial charge is 0.493 e. The van der Waals surface area contributed by atoms with Crippen molar-refractivity contribution in [2.75, 3.05) is 19.7 Å². The van der Waals surface area contributed by atoms with Crippen LogP contribution in [-0.4, -0.2) is 44.6 Å². The quantitative estimate of drug-likeness (QED) is 0.610. The zero-order chi connectivity index (χ0) is 22.0. The van der Waals surface area contributed by atoms with Gasteiger partial charge in [0, 0.05) is 49.4 Å².